The number of carbonyl (C=O) groups excluding carboxylic acids is 1. The first-order chi connectivity index (χ1) is 14.6. The normalized spacial score (nSPS) is 10.8. The van der Waals surface area contributed by atoms with Crippen LogP contribution < -0.4 is 5.32 Å². The van der Waals surface area contributed by atoms with Crippen LogP contribution >= 0.6 is 11.3 Å². The Morgan fingerprint density at radius 3 is 2.60 bits per heavy atom. The molecule has 0 aliphatic rings. The van der Waals surface area contributed by atoms with Gasteiger partial charge in [0.15, 0.2) is 0 Å². The Kier molecular flexibility index (Phi) is 5.90. The SMILES string of the molecule is Cc1nc(-c2ccn(CCc3ccc(O)cc3)n2)sc1C(=O)NCc1ccccc1. The summed E-state index contributed by atoms with van der Waals surface area (Å²) in [5.41, 5.74) is 3.66. The maximum Gasteiger partial charge on any atom is 0.263 e. The van der Waals surface area contributed by atoms with Gasteiger partial charge >= 0.3 is 0 Å². The molecule has 2 aromatic carbocycles. The average molecular weight is 419 g/mol. The Bertz CT molecular complexity index is 1130. The molecule has 30 heavy (non-hydrogen) atoms. The van der Waals surface area contributed by atoms with E-state index in [1.165, 1.54) is 11.3 Å². The van der Waals surface area contributed by atoms with Crippen LogP contribution in [0.25, 0.3) is 10.7 Å². The van der Waals surface area contributed by atoms with Crippen LogP contribution in [0.3, 0.4) is 0 Å². The van der Waals surface area contributed by atoms with E-state index < -0.39 is 0 Å². The highest BCUT2D eigenvalue weighted by atomic mass is 32.1. The molecule has 0 atom stereocenters. The molecule has 0 saturated carbocycles. The maximum absolute atomic E-state index is 12.6. The summed E-state index contributed by atoms with van der Waals surface area (Å²) in [6.45, 7) is 3.05. The molecule has 0 radical (unpaired) electrons. The van der Waals surface area contributed by atoms with E-state index in [0.29, 0.717) is 17.1 Å². The zero-order valence-electron chi connectivity index (χ0n) is 16.6. The summed E-state index contributed by atoms with van der Waals surface area (Å²) in [6, 6.07) is 18.9. The van der Waals surface area contributed by atoms with Crippen LogP contribution in [0.2, 0.25) is 0 Å². The van der Waals surface area contributed by atoms with Crippen molar-refractivity contribution in [3.8, 4) is 16.5 Å². The number of carbonyl (C=O) groups is 1. The topological polar surface area (TPSA) is 80.0 Å². The number of rotatable bonds is 7. The Hall–Kier alpha value is -3.45. The second-order valence-corrected chi connectivity index (χ2v) is 7.98. The molecule has 0 unspecified atom stereocenters. The number of aromatic hydroxyl groups is 1. The van der Waals surface area contributed by atoms with Gasteiger partial charge in [-0.25, -0.2) is 4.98 Å². The monoisotopic (exact) mass is 418 g/mol. The Morgan fingerprint density at radius 2 is 1.83 bits per heavy atom. The van der Waals surface area contributed by atoms with Gasteiger partial charge in [-0.1, -0.05) is 42.5 Å². The summed E-state index contributed by atoms with van der Waals surface area (Å²) in [5, 5.41) is 17.7. The van der Waals surface area contributed by atoms with Crippen LogP contribution in [0.1, 0.15) is 26.5 Å². The number of thiazole rings is 1. The number of hydrogen-bond acceptors (Lipinski definition) is 5. The summed E-state index contributed by atoms with van der Waals surface area (Å²) in [5.74, 6) is 0.148. The van der Waals surface area contributed by atoms with E-state index in [1.807, 2.05) is 66.3 Å². The molecule has 152 valence electrons. The predicted octanol–water partition coefficient (Wildman–Crippen LogP) is 4.19. The zero-order chi connectivity index (χ0) is 20.9. The molecular formula is C23H22N4O2S. The van der Waals surface area contributed by atoms with Crippen LogP contribution in [-0.2, 0) is 19.5 Å². The van der Waals surface area contributed by atoms with Crippen LogP contribution in [0.5, 0.6) is 5.75 Å². The molecule has 7 heteroatoms. The Balaban J connectivity index is 1.40. The van der Waals surface area contributed by atoms with Gasteiger partial charge in [0.2, 0.25) is 0 Å². The van der Waals surface area contributed by atoms with Gasteiger partial charge in [0.1, 0.15) is 21.3 Å². The molecule has 2 N–H and O–H groups in total. The molecule has 0 aliphatic heterocycles. The molecule has 1 amide bonds. The van der Waals surface area contributed by atoms with Gasteiger partial charge < -0.3 is 10.4 Å². The number of nitrogens with zero attached hydrogens (tertiary/aromatic N) is 3. The number of benzene rings is 2. The fourth-order valence-corrected chi connectivity index (χ4v) is 4.03. The van der Waals surface area contributed by atoms with Crippen LogP contribution in [0.15, 0.2) is 66.9 Å². The largest absolute Gasteiger partial charge is 0.508 e. The molecule has 6 nitrogen and oxygen atoms in total. The molecule has 2 heterocycles. The molecule has 4 aromatic rings. The summed E-state index contributed by atoms with van der Waals surface area (Å²) in [7, 11) is 0. The van der Waals surface area contributed by atoms with Crippen molar-refractivity contribution in [1.82, 2.24) is 20.1 Å². The van der Waals surface area contributed by atoms with E-state index in [-0.39, 0.29) is 11.7 Å². The van der Waals surface area contributed by atoms with Crippen molar-refractivity contribution < 1.29 is 9.90 Å². The maximum atomic E-state index is 12.6. The number of aryl methyl sites for hydroxylation is 3. The van der Waals surface area contributed by atoms with Crippen molar-refractivity contribution in [1.29, 1.82) is 0 Å². The number of hydrogen-bond donors (Lipinski definition) is 2. The Morgan fingerprint density at radius 1 is 1.07 bits per heavy atom. The van der Waals surface area contributed by atoms with Gasteiger partial charge in [0, 0.05) is 19.3 Å². The highest BCUT2D eigenvalue weighted by Crippen LogP contribution is 2.26. The minimum Gasteiger partial charge on any atom is -0.508 e. The van der Waals surface area contributed by atoms with E-state index in [4.69, 9.17) is 0 Å². The first-order valence-electron chi connectivity index (χ1n) is 9.70. The van der Waals surface area contributed by atoms with E-state index in [9.17, 15) is 9.90 Å². The van der Waals surface area contributed by atoms with Crippen LogP contribution in [0.4, 0.5) is 0 Å². The van der Waals surface area contributed by atoms with Crippen molar-refractivity contribution >= 4 is 17.2 Å². The third kappa shape index (κ3) is 4.75. The minimum atomic E-state index is -0.119. The average Bonchev–Trinajstić information content (AvgIpc) is 3.39. The van der Waals surface area contributed by atoms with E-state index in [0.717, 1.165) is 34.8 Å². The summed E-state index contributed by atoms with van der Waals surface area (Å²) in [6.07, 6.45) is 2.73. The summed E-state index contributed by atoms with van der Waals surface area (Å²) >= 11 is 1.36. The summed E-state index contributed by atoms with van der Waals surface area (Å²) < 4.78 is 1.87. The second-order valence-electron chi connectivity index (χ2n) is 6.98. The first-order valence-corrected chi connectivity index (χ1v) is 10.5. The molecule has 4 rings (SSSR count). The van der Waals surface area contributed by atoms with Crippen molar-refractivity contribution in [3.63, 3.8) is 0 Å². The third-order valence-electron chi connectivity index (χ3n) is 4.72. The molecule has 0 fully saturated rings. The highest BCUT2D eigenvalue weighted by molar-refractivity contribution is 7.17. The number of amides is 1. The number of aromatic nitrogens is 3. The third-order valence-corrected chi connectivity index (χ3v) is 5.90. The highest BCUT2D eigenvalue weighted by Gasteiger charge is 2.17. The van der Waals surface area contributed by atoms with Crippen LogP contribution in [-0.4, -0.2) is 25.8 Å². The van der Waals surface area contributed by atoms with Crippen molar-refractivity contribution in [2.24, 2.45) is 0 Å². The van der Waals surface area contributed by atoms with Crippen molar-refractivity contribution in [3.05, 3.63) is 88.6 Å². The standard InChI is InChI=1S/C23H22N4O2S/c1-16-21(22(29)24-15-18-5-3-2-4-6-18)30-23(25-16)20-12-14-27(26-20)13-11-17-7-9-19(28)10-8-17/h2-10,12,14,28H,11,13,15H2,1H3,(H,24,29). The molecule has 0 bridgehead atoms. The molecule has 2 aromatic heterocycles. The van der Waals surface area contributed by atoms with Gasteiger partial charge in [-0.15, -0.1) is 11.3 Å². The van der Waals surface area contributed by atoms with E-state index in [2.05, 4.69) is 15.4 Å². The lowest BCUT2D eigenvalue weighted by Gasteiger charge is -2.03. The Labute approximate surface area is 178 Å². The molecule has 0 saturated heterocycles. The quantitative estimate of drug-likeness (QED) is 0.472. The fourth-order valence-electron chi connectivity index (χ4n) is 3.08. The molecule has 0 spiro atoms. The molecular weight excluding hydrogens is 396 g/mol. The number of phenols is 1. The van der Waals surface area contributed by atoms with Gasteiger partial charge in [0.05, 0.1) is 5.69 Å². The lowest BCUT2D eigenvalue weighted by atomic mass is 10.1. The van der Waals surface area contributed by atoms with Crippen molar-refractivity contribution in [2.75, 3.05) is 0 Å². The fraction of sp³-hybridized carbons (Fsp3) is 0.174. The first kappa shape index (κ1) is 19.8. The molecule has 0 aliphatic carbocycles. The van der Waals surface area contributed by atoms with Crippen molar-refractivity contribution in [2.45, 2.75) is 26.4 Å². The number of nitrogens with one attached hydrogen (secondary N) is 1. The van der Waals surface area contributed by atoms with Crippen LogP contribution in [0, 0.1) is 6.92 Å². The van der Waals surface area contributed by atoms with Gasteiger partial charge in [0.25, 0.3) is 5.91 Å². The summed E-state index contributed by atoms with van der Waals surface area (Å²) in [4.78, 5) is 17.8. The van der Waals surface area contributed by atoms with Gasteiger partial charge in [-0.3, -0.25) is 9.48 Å². The smallest absolute Gasteiger partial charge is 0.263 e. The zero-order valence-corrected chi connectivity index (χ0v) is 17.4. The van der Waals surface area contributed by atoms with E-state index in [1.54, 1.807) is 12.1 Å². The number of phenolic OH excluding ortho intramolecular Hbond substituents is 1. The van der Waals surface area contributed by atoms with Gasteiger partial charge in [-0.2, -0.15) is 5.10 Å². The minimum absolute atomic E-state index is 0.119. The van der Waals surface area contributed by atoms with E-state index >= 15 is 0 Å². The lowest BCUT2D eigenvalue weighted by Crippen LogP contribution is -2.22. The predicted molar refractivity (Wildman–Crippen MR) is 117 cm³/mol. The lowest BCUT2D eigenvalue weighted by molar-refractivity contribution is 0.0954. The van der Waals surface area contributed by atoms with Gasteiger partial charge in [-0.05, 0) is 42.7 Å². The second kappa shape index (κ2) is 8.92.